The van der Waals surface area contributed by atoms with Gasteiger partial charge in [-0.25, -0.2) is 0 Å². The largest absolute Gasteiger partial charge is 0.496 e. The number of rotatable bonds is 10. The Labute approximate surface area is 158 Å². The average molecular weight is 362 g/mol. The van der Waals surface area contributed by atoms with Gasteiger partial charge in [-0.2, -0.15) is 0 Å². The molecule has 0 aromatic heterocycles. The van der Waals surface area contributed by atoms with Crippen LogP contribution in [0.2, 0.25) is 0 Å². The van der Waals surface area contributed by atoms with E-state index in [1.165, 1.54) is 31.2 Å². The number of hydrogen-bond acceptors (Lipinski definition) is 3. The molecule has 5 heteroatoms. The molecule has 0 unspecified atom stereocenters. The van der Waals surface area contributed by atoms with Gasteiger partial charge in [-0.15, -0.1) is 0 Å². The van der Waals surface area contributed by atoms with Crippen LogP contribution in [0.5, 0.6) is 5.75 Å². The Morgan fingerprint density at radius 3 is 2.65 bits per heavy atom. The molecule has 0 amide bonds. The SMILES string of the molecule is CCOCCC1(CNC(=NC)NCCc2ccccc2OC)CCCC1. The number of methoxy groups -OCH3 is 1. The van der Waals surface area contributed by atoms with Crippen LogP contribution >= 0.6 is 0 Å². The molecule has 0 atom stereocenters. The third-order valence-corrected chi connectivity index (χ3v) is 5.38. The van der Waals surface area contributed by atoms with Crippen molar-refractivity contribution in [3.05, 3.63) is 29.8 Å². The van der Waals surface area contributed by atoms with Crippen LogP contribution in [-0.4, -0.2) is 46.4 Å². The number of benzene rings is 1. The fourth-order valence-corrected chi connectivity index (χ4v) is 3.79. The Morgan fingerprint density at radius 2 is 1.96 bits per heavy atom. The number of aliphatic imine (C=N–C) groups is 1. The van der Waals surface area contributed by atoms with Gasteiger partial charge in [0.15, 0.2) is 5.96 Å². The Hall–Kier alpha value is -1.75. The molecule has 1 fully saturated rings. The second kappa shape index (κ2) is 11.1. The minimum Gasteiger partial charge on any atom is -0.496 e. The standard InChI is InChI=1S/C21H35N3O2/c1-4-26-16-14-21(12-7-8-13-21)17-24-20(22-2)23-15-11-18-9-5-6-10-19(18)25-3/h5-6,9-10H,4,7-8,11-17H2,1-3H3,(H2,22,23,24). The molecule has 5 nitrogen and oxygen atoms in total. The second-order valence-corrected chi connectivity index (χ2v) is 7.07. The minimum absolute atomic E-state index is 0.357. The molecular formula is C21H35N3O2. The molecule has 2 N–H and O–H groups in total. The summed E-state index contributed by atoms with van der Waals surface area (Å²) in [6.07, 6.45) is 7.25. The summed E-state index contributed by atoms with van der Waals surface area (Å²) >= 11 is 0. The summed E-state index contributed by atoms with van der Waals surface area (Å²) < 4.78 is 11.0. The van der Waals surface area contributed by atoms with Crippen LogP contribution in [0.15, 0.2) is 29.3 Å². The van der Waals surface area contributed by atoms with Crippen LogP contribution < -0.4 is 15.4 Å². The van der Waals surface area contributed by atoms with Gasteiger partial charge < -0.3 is 20.1 Å². The number of nitrogens with one attached hydrogen (secondary N) is 2. The molecule has 0 spiro atoms. The molecule has 0 bridgehead atoms. The van der Waals surface area contributed by atoms with Crippen molar-refractivity contribution in [2.45, 2.75) is 45.4 Å². The van der Waals surface area contributed by atoms with E-state index in [0.717, 1.165) is 50.9 Å². The lowest BCUT2D eigenvalue weighted by molar-refractivity contribution is 0.105. The van der Waals surface area contributed by atoms with E-state index in [1.807, 2.05) is 25.2 Å². The molecule has 1 aromatic rings. The smallest absolute Gasteiger partial charge is 0.191 e. The van der Waals surface area contributed by atoms with E-state index in [1.54, 1.807) is 7.11 Å². The molecule has 2 rings (SSSR count). The summed E-state index contributed by atoms with van der Waals surface area (Å²) in [5, 5.41) is 6.98. The molecule has 0 heterocycles. The molecule has 0 aliphatic heterocycles. The van der Waals surface area contributed by atoms with Crippen molar-refractivity contribution < 1.29 is 9.47 Å². The maximum atomic E-state index is 5.60. The first-order chi connectivity index (χ1) is 12.7. The molecule has 1 aliphatic rings. The highest BCUT2D eigenvalue weighted by molar-refractivity contribution is 5.79. The quantitative estimate of drug-likeness (QED) is 0.381. The van der Waals surface area contributed by atoms with Crippen LogP contribution in [-0.2, 0) is 11.2 Å². The van der Waals surface area contributed by atoms with Crippen LogP contribution in [0.3, 0.4) is 0 Å². The van der Waals surface area contributed by atoms with Gasteiger partial charge in [0.2, 0.25) is 0 Å². The zero-order chi connectivity index (χ0) is 18.7. The lowest BCUT2D eigenvalue weighted by Crippen LogP contribution is -2.44. The number of ether oxygens (including phenoxy) is 2. The van der Waals surface area contributed by atoms with E-state index in [0.29, 0.717) is 5.41 Å². The Bertz CT molecular complexity index is 554. The van der Waals surface area contributed by atoms with E-state index in [9.17, 15) is 0 Å². The Balaban J connectivity index is 1.79. The minimum atomic E-state index is 0.357. The van der Waals surface area contributed by atoms with E-state index < -0.39 is 0 Å². The molecule has 1 saturated carbocycles. The van der Waals surface area contributed by atoms with Gasteiger partial charge in [-0.3, -0.25) is 4.99 Å². The first-order valence-corrected chi connectivity index (χ1v) is 9.87. The third-order valence-electron chi connectivity index (χ3n) is 5.38. The highest BCUT2D eigenvalue weighted by Crippen LogP contribution is 2.40. The van der Waals surface area contributed by atoms with Gasteiger partial charge in [-0.1, -0.05) is 31.0 Å². The molecular weight excluding hydrogens is 326 g/mol. The fraction of sp³-hybridized carbons (Fsp3) is 0.667. The first-order valence-electron chi connectivity index (χ1n) is 9.87. The predicted octanol–water partition coefficient (Wildman–Crippen LogP) is 3.39. The lowest BCUT2D eigenvalue weighted by atomic mass is 9.83. The maximum Gasteiger partial charge on any atom is 0.191 e. The van der Waals surface area contributed by atoms with E-state index >= 15 is 0 Å². The molecule has 1 aliphatic carbocycles. The highest BCUT2D eigenvalue weighted by atomic mass is 16.5. The molecule has 0 saturated heterocycles. The molecule has 146 valence electrons. The second-order valence-electron chi connectivity index (χ2n) is 7.07. The summed E-state index contributed by atoms with van der Waals surface area (Å²) in [4.78, 5) is 4.38. The highest BCUT2D eigenvalue weighted by Gasteiger charge is 2.33. The maximum absolute atomic E-state index is 5.60. The predicted molar refractivity (Wildman–Crippen MR) is 108 cm³/mol. The molecule has 1 aromatic carbocycles. The summed E-state index contributed by atoms with van der Waals surface area (Å²) in [5.41, 5.74) is 1.57. The van der Waals surface area contributed by atoms with E-state index in [-0.39, 0.29) is 0 Å². The Morgan fingerprint density at radius 1 is 1.19 bits per heavy atom. The van der Waals surface area contributed by atoms with Crippen LogP contribution in [0.1, 0.15) is 44.6 Å². The topological polar surface area (TPSA) is 54.9 Å². The zero-order valence-electron chi connectivity index (χ0n) is 16.6. The summed E-state index contributed by atoms with van der Waals surface area (Å²) in [6.45, 7) is 5.52. The molecule has 0 radical (unpaired) electrons. The number of nitrogens with zero attached hydrogens (tertiary/aromatic N) is 1. The zero-order valence-corrected chi connectivity index (χ0v) is 16.6. The summed E-state index contributed by atoms with van der Waals surface area (Å²) in [5.74, 6) is 1.82. The first kappa shape index (κ1) is 20.6. The van der Waals surface area contributed by atoms with Gasteiger partial charge in [0.05, 0.1) is 7.11 Å². The third kappa shape index (κ3) is 6.20. The van der Waals surface area contributed by atoms with E-state index in [2.05, 4.69) is 28.6 Å². The van der Waals surface area contributed by atoms with Gasteiger partial charge in [0, 0.05) is 33.4 Å². The van der Waals surface area contributed by atoms with Crippen molar-refractivity contribution in [1.82, 2.24) is 10.6 Å². The van der Waals surface area contributed by atoms with Gasteiger partial charge in [0.25, 0.3) is 0 Å². The van der Waals surface area contributed by atoms with Crippen molar-refractivity contribution in [2.24, 2.45) is 10.4 Å². The van der Waals surface area contributed by atoms with Gasteiger partial charge in [0.1, 0.15) is 5.75 Å². The van der Waals surface area contributed by atoms with Crippen LogP contribution in [0, 0.1) is 5.41 Å². The monoisotopic (exact) mass is 361 g/mol. The number of para-hydroxylation sites is 1. The van der Waals surface area contributed by atoms with Crippen molar-refractivity contribution >= 4 is 5.96 Å². The summed E-state index contributed by atoms with van der Waals surface area (Å²) in [7, 11) is 3.55. The average Bonchev–Trinajstić information content (AvgIpc) is 3.14. The van der Waals surface area contributed by atoms with Gasteiger partial charge >= 0.3 is 0 Å². The van der Waals surface area contributed by atoms with Crippen molar-refractivity contribution in [3.63, 3.8) is 0 Å². The lowest BCUT2D eigenvalue weighted by Gasteiger charge is -2.30. The van der Waals surface area contributed by atoms with Crippen molar-refractivity contribution in [2.75, 3.05) is 40.5 Å². The number of hydrogen-bond donors (Lipinski definition) is 2. The summed E-state index contributed by atoms with van der Waals surface area (Å²) in [6, 6.07) is 8.16. The normalized spacial score (nSPS) is 16.5. The fourth-order valence-electron chi connectivity index (χ4n) is 3.79. The van der Waals surface area contributed by atoms with E-state index in [4.69, 9.17) is 9.47 Å². The van der Waals surface area contributed by atoms with Crippen molar-refractivity contribution in [3.8, 4) is 5.75 Å². The van der Waals surface area contributed by atoms with Gasteiger partial charge in [-0.05, 0) is 49.7 Å². The molecule has 26 heavy (non-hydrogen) atoms. The van der Waals surface area contributed by atoms with Crippen LogP contribution in [0.4, 0.5) is 0 Å². The van der Waals surface area contributed by atoms with Crippen molar-refractivity contribution in [1.29, 1.82) is 0 Å². The van der Waals surface area contributed by atoms with Crippen LogP contribution in [0.25, 0.3) is 0 Å². The number of guanidine groups is 1. The Kier molecular flexibility index (Phi) is 8.75.